The summed E-state index contributed by atoms with van der Waals surface area (Å²) in [4.78, 5) is 29.2. The number of rotatable bonds is 10. The zero-order valence-electron chi connectivity index (χ0n) is 63.5. The van der Waals surface area contributed by atoms with Gasteiger partial charge in [-0.15, -0.1) is 238 Å². The molecule has 19 rings (SSSR count). The van der Waals surface area contributed by atoms with E-state index >= 15 is 0 Å². The first-order valence-corrected chi connectivity index (χ1v) is 34.9. The van der Waals surface area contributed by atoms with Crippen molar-refractivity contribution in [2.24, 2.45) is 42.3 Å². The maximum atomic E-state index is 4.68. The van der Waals surface area contributed by atoms with E-state index in [1.807, 2.05) is 344 Å². The van der Waals surface area contributed by atoms with Crippen LogP contribution in [0, 0.1) is 54.6 Å². The molecule has 19 aromatic rings. The number of hydrogen-bond acceptors (Lipinski definition) is 12. The van der Waals surface area contributed by atoms with Gasteiger partial charge in [0.05, 0.1) is 40.6 Å². The van der Waals surface area contributed by atoms with Crippen molar-refractivity contribution in [1.82, 2.24) is 102 Å². The largest absolute Gasteiger partial charge is 0.373 e. The summed E-state index contributed by atoms with van der Waals surface area (Å²) in [6.07, 6.45) is 32.3. The number of aromatic nitrogens is 21. The molecule has 116 heavy (non-hydrogen) atoms. The molecule has 0 saturated carbocycles. The van der Waals surface area contributed by atoms with Crippen molar-refractivity contribution in [3.63, 3.8) is 0 Å². The van der Waals surface area contributed by atoms with Gasteiger partial charge in [0.15, 0.2) is 0 Å². The van der Waals surface area contributed by atoms with Crippen molar-refractivity contribution in [2.45, 2.75) is 0 Å². The maximum absolute atomic E-state index is 4.68. The molecule has 0 spiro atoms. The smallest absolute Gasteiger partial charge is 0.138 e. The van der Waals surface area contributed by atoms with Crippen LogP contribution in [0.2, 0.25) is 0 Å². The molecule has 0 amide bonds. The first kappa shape index (κ1) is 93.0. The van der Waals surface area contributed by atoms with Gasteiger partial charge in [0, 0.05) is 229 Å². The summed E-state index contributed by atoms with van der Waals surface area (Å²) in [6.45, 7) is 0. The van der Waals surface area contributed by atoms with E-state index < -0.39 is 0 Å². The first-order chi connectivity index (χ1) is 54.6. The van der Waals surface area contributed by atoms with Crippen LogP contribution in [0.15, 0.2) is 355 Å². The molecule has 0 fully saturated rings. The Morgan fingerprint density at radius 1 is 0.267 bits per heavy atom. The second-order valence-electron chi connectivity index (χ2n) is 23.7. The van der Waals surface area contributed by atoms with Gasteiger partial charge in [-0.05, 0) is 23.5 Å². The van der Waals surface area contributed by atoms with Crippen LogP contribution in [-0.2, 0) is 143 Å². The van der Waals surface area contributed by atoms with Crippen molar-refractivity contribution in [1.29, 1.82) is 0 Å². The van der Waals surface area contributed by atoms with Gasteiger partial charge in [0.1, 0.15) is 19.0 Å². The van der Waals surface area contributed by atoms with Crippen LogP contribution in [0.1, 0.15) is 0 Å². The fourth-order valence-corrected chi connectivity index (χ4v) is 10.3. The third-order valence-electron chi connectivity index (χ3n) is 15.8. The minimum absolute atomic E-state index is 0. The molecule has 0 aliphatic rings. The van der Waals surface area contributed by atoms with Crippen LogP contribution in [0.4, 0.5) is 0 Å². The Labute approximate surface area is 743 Å². The van der Waals surface area contributed by atoms with Crippen molar-refractivity contribution < 1.29 is 101 Å². The summed E-state index contributed by atoms with van der Waals surface area (Å²) in [5, 5.41) is 19.8. The van der Waals surface area contributed by atoms with E-state index in [1.54, 1.807) is 76.3 Å². The zero-order valence-corrected chi connectivity index (χ0v) is 75.5. The number of aryl methyl sites for hydroxylation is 6. The number of pyridine rings is 1. The van der Waals surface area contributed by atoms with Gasteiger partial charge in [-0.25, -0.2) is 15.7 Å². The predicted molar refractivity (Wildman–Crippen MR) is 431 cm³/mol. The van der Waals surface area contributed by atoms with Crippen LogP contribution in [-0.4, -0.2) is 102 Å². The minimum atomic E-state index is 0. The SMILES string of the molecule is Cn1cc(-c2ccccc2)nc1-c1[c-]cccc1.Cn1ccnc1-c1[c-]cccc1.Cn1ccnc1-c1[c-]cccc1.Cn1ccnc1-c1[c-]cccc1.Cn1ccnc1-c1[c-]cccc1.Cn1cnnc1-c1[c-]cccc1.[Ir].[Ir].[Ir].[Ir].[Ir].[c-]1ccccc1-n1cccn1.[c-]1ccccc1-n1cncn1.[c-]1cnccc1-n1cccn1. The molecule has 10 heterocycles. The fraction of sp³-hybridized carbons (Fsp3) is 0.0667. The normalized spacial score (nSPS) is 9.64. The van der Waals surface area contributed by atoms with Gasteiger partial charge in [-0.2, -0.15) is 75.0 Å². The summed E-state index contributed by atoms with van der Waals surface area (Å²) in [6, 6.07) is 106. The van der Waals surface area contributed by atoms with Crippen LogP contribution >= 0.6 is 0 Å². The summed E-state index contributed by atoms with van der Waals surface area (Å²) in [7, 11) is 11.8. The number of hydrogen-bond donors (Lipinski definition) is 0. The topological polar surface area (TPSA) is 199 Å². The average molecular weight is 2410 g/mol. The van der Waals surface area contributed by atoms with Gasteiger partial charge in [0.2, 0.25) is 0 Å². The molecule has 5 radical (unpaired) electrons. The third-order valence-corrected chi connectivity index (χ3v) is 15.8. The van der Waals surface area contributed by atoms with Crippen molar-refractivity contribution in [3.8, 4) is 96.6 Å². The Kier molecular flexibility index (Phi) is 40.9. The van der Waals surface area contributed by atoms with Crippen LogP contribution < -0.4 is 0 Å². The standard InChI is InChI=1S/C16H13N2.4C10H9N2.C9H8N3.C9H7N2.2C8H6N3.5Ir/c1-18-12-15(13-8-4-2-5-9-13)17-16(18)14-10-6-3-7-11-14;4*1-12-8-7-11-10(12)9-5-3-2-4-6-9;1-12-7-10-11-9(12)8-5-3-2-4-6-8;1-2-5-9(6-3-1)11-8-4-7-10-11;1-4-10-11(7-1)8-2-5-9-6-3-8;1-2-4-8(5-3-1)11-7-9-6-10-11;;;;;/h2-10,12H,1H3;4*2-5,7-8H,1H3;2-5,7H,1H3;1-5,7-8H;1-2,4-7H;1-4,6-7H;;;;;/q9*-1;;;;;. The van der Waals surface area contributed by atoms with E-state index in [9.17, 15) is 0 Å². The van der Waals surface area contributed by atoms with E-state index in [2.05, 4.69) is 127 Å². The van der Waals surface area contributed by atoms with Gasteiger partial charge < -0.3 is 32.4 Å². The number of benzene rings is 9. The summed E-state index contributed by atoms with van der Waals surface area (Å²) in [5.74, 6) is 5.60. The van der Waals surface area contributed by atoms with Crippen molar-refractivity contribution in [3.05, 3.63) is 409 Å². The minimum Gasteiger partial charge on any atom is -0.373 e. The molecular weight excluding hydrogens is 2340 g/mol. The molecular formula is C90H76Ir5N21-9. The Balaban J connectivity index is 0.000000203. The average Bonchev–Trinajstić information content (AvgIpc) is 1.67. The zero-order chi connectivity index (χ0) is 76.9. The molecule has 10 aromatic heterocycles. The van der Waals surface area contributed by atoms with E-state index in [1.165, 1.54) is 6.33 Å². The molecule has 0 N–H and O–H groups in total. The van der Waals surface area contributed by atoms with Gasteiger partial charge in [0.25, 0.3) is 0 Å². The molecule has 26 heteroatoms. The van der Waals surface area contributed by atoms with Crippen LogP contribution in [0.25, 0.3) is 96.6 Å². The Morgan fingerprint density at radius 2 is 0.629 bits per heavy atom. The van der Waals surface area contributed by atoms with Crippen LogP contribution in [0.5, 0.6) is 0 Å². The quantitative estimate of drug-likeness (QED) is 0.118. The van der Waals surface area contributed by atoms with Gasteiger partial charge in [-0.1, -0.05) is 42.7 Å². The molecule has 0 unspecified atom stereocenters. The van der Waals surface area contributed by atoms with Crippen molar-refractivity contribution in [2.75, 3.05) is 0 Å². The van der Waals surface area contributed by atoms with Gasteiger partial charge >= 0.3 is 0 Å². The fourth-order valence-electron chi connectivity index (χ4n) is 10.3. The van der Waals surface area contributed by atoms with Crippen LogP contribution in [0.3, 0.4) is 0 Å². The maximum Gasteiger partial charge on any atom is 0.138 e. The predicted octanol–water partition coefficient (Wildman–Crippen LogP) is 16.2. The molecule has 0 saturated heterocycles. The third kappa shape index (κ3) is 28.6. The second kappa shape index (κ2) is 51.1. The number of para-hydroxylation sites is 2. The molecule has 0 bridgehead atoms. The van der Waals surface area contributed by atoms with E-state index in [0.29, 0.717) is 0 Å². The first-order valence-electron chi connectivity index (χ1n) is 34.9. The summed E-state index contributed by atoms with van der Waals surface area (Å²) >= 11 is 0. The molecule has 0 atom stereocenters. The summed E-state index contributed by atoms with van der Waals surface area (Å²) in [5.41, 5.74) is 11.0. The summed E-state index contributed by atoms with van der Waals surface area (Å²) < 4.78 is 17.0. The number of imidazole rings is 5. The molecule has 595 valence electrons. The van der Waals surface area contributed by atoms with E-state index in [-0.39, 0.29) is 101 Å². The number of nitrogens with zero attached hydrogens (tertiary/aromatic N) is 21. The Morgan fingerprint density at radius 3 is 0.931 bits per heavy atom. The Bertz CT molecular complexity index is 5040. The molecule has 21 nitrogen and oxygen atoms in total. The van der Waals surface area contributed by atoms with E-state index in [0.717, 1.165) is 96.6 Å². The van der Waals surface area contributed by atoms with Gasteiger partial charge in [-0.3, -0.25) is 34.3 Å². The van der Waals surface area contributed by atoms with Crippen molar-refractivity contribution >= 4 is 0 Å². The Hall–Kier alpha value is -11.9. The molecule has 9 aromatic carbocycles. The van der Waals surface area contributed by atoms with E-state index in [4.69, 9.17) is 0 Å². The monoisotopic (exact) mass is 2420 g/mol. The molecule has 0 aliphatic heterocycles. The molecule has 0 aliphatic carbocycles. The second-order valence-corrected chi connectivity index (χ2v) is 23.7.